The summed E-state index contributed by atoms with van der Waals surface area (Å²) >= 11 is 0. The highest BCUT2D eigenvalue weighted by molar-refractivity contribution is 6.02. The summed E-state index contributed by atoms with van der Waals surface area (Å²) in [6, 6.07) is 13.2. The van der Waals surface area contributed by atoms with Crippen LogP contribution in [-0.4, -0.2) is 48.0 Å². The maximum absolute atomic E-state index is 15.6. The molecule has 0 unspecified atom stereocenters. The molecule has 0 saturated heterocycles. The number of benzene rings is 2. The predicted molar refractivity (Wildman–Crippen MR) is 142 cm³/mol. The lowest BCUT2D eigenvalue weighted by atomic mass is 9.94. The minimum atomic E-state index is -0.428. The lowest BCUT2D eigenvalue weighted by molar-refractivity contribution is 0.0828. The van der Waals surface area contributed by atoms with Gasteiger partial charge in [0.15, 0.2) is 0 Å². The van der Waals surface area contributed by atoms with E-state index in [1.165, 1.54) is 17.4 Å². The first-order valence-corrected chi connectivity index (χ1v) is 12.4. The molecular weight excluding hydrogens is 455 g/mol. The standard InChI is InChI=1S/C29H31FN4O2/c1-34(2)29(35)23-13-18(15-25(30)27(23)33-20-9-5-4-6-10-20)19-14-22-24(17-32-28(22)31-16-19)21-11-7-8-12-26(21)36-3/h7-8,11-17,20,33H,4-6,9-10H2,1-3H3,(H,31,32). The molecule has 2 aromatic carbocycles. The molecule has 4 aromatic rings. The number of halogens is 1. The van der Waals surface area contributed by atoms with Crippen LogP contribution in [0.3, 0.4) is 0 Å². The summed E-state index contributed by atoms with van der Waals surface area (Å²) in [6.07, 6.45) is 9.01. The number of hydrogen-bond donors (Lipinski definition) is 2. The fourth-order valence-corrected chi connectivity index (χ4v) is 5.03. The topological polar surface area (TPSA) is 70.2 Å². The van der Waals surface area contributed by atoms with Gasteiger partial charge in [-0.25, -0.2) is 9.37 Å². The molecule has 7 heteroatoms. The average Bonchev–Trinajstić information content (AvgIpc) is 3.33. The Balaban J connectivity index is 1.60. The zero-order valence-corrected chi connectivity index (χ0v) is 20.9. The Kier molecular flexibility index (Phi) is 6.63. The Morgan fingerprint density at radius 1 is 1.08 bits per heavy atom. The Hall–Kier alpha value is -3.87. The van der Waals surface area contributed by atoms with E-state index in [-0.39, 0.29) is 17.6 Å². The number of fused-ring (bicyclic) bond motifs is 1. The van der Waals surface area contributed by atoms with Crippen LogP contribution in [0, 0.1) is 5.82 Å². The van der Waals surface area contributed by atoms with Crippen molar-refractivity contribution in [2.24, 2.45) is 0 Å². The summed E-state index contributed by atoms with van der Waals surface area (Å²) in [6.45, 7) is 0. The van der Waals surface area contributed by atoms with Gasteiger partial charge < -0.3 is 19.9 Å². The largest absolute Gasteiger partial charge is 0.496 e. The van der Waals surface area contributed by atoms with Crippen molar-refractivity contribution in [2.45, 2.75) is 38.1 Å². The molecule has 1 saturated carbocycles. The van der Waals surface area contributed by atoms with Crippen LogP contribution in [0.2, 0.25) is 0 Å². The van der Waals surface area contributed by atoms with Gasteiger partial charge in [-0.05, 0) is 42.7 Å². The summed E-state index contributed by atoms with van der Waals surface area (Å²) in [5.74, 6) is 0.0914. The summed E-state index contributed by atoms with van der Waals surface area (Å²) in [5, 5.41) is 4.23. The quantitative estimate of drug-likeness (QED) is 0.327. The van der Waals surface area contributed by atoms with Crippen molar-refractivity contribution in [1.29, 1.82) is 0 Å². The van der Waals surface area contributed by atoms with Crippen LogP contribution in [-0.2, 0) is 0 Å². The van der Waals surface area contributed by atoms with Crippen LogP contribution in [0.5, 0.6) is 5.75 Å². The molecule has 2 aromatic heterocycles. The lowest BCUT2D eigenvalue weighted by Crippen LogP contribution is -2.27. The molecule has 0 aliphatic heterocycles. The highest BCUT2D eigenvalue weighted by atomic mass is 19.1. The molecule has 2 N–H and O–H groups in total. The average molecular weight is 487 g/mol. The molecule has 0 atom stereocenters. The number of aromatic nitrogens is 2. The van der Waals surface area contributed by atoms with Crippen molar-refractivity contribution in [3.8, 4) is 28.0 Å². The van der Waals surface area contributed by atoms with Gasteiger partial charge in [-0.15, -0.1) is 0 Å². The van der Waals surface area contributed by atoms with Crippen LogP contribution in [0.15, 0.2) is 54.9 Å². The number of H-pyrrole nitrogens is 1. The van der Waals surface area contributed by atoms with Crippen molar-refractivity contribution >= 4 is 22.6 Å². The number of nitrogens with zero attached hydrogens (tertiary/aromatic N) is 2. The van der Waals surface area contributed by atoms with E-state index >= 15 is 4.39 Å². The van der Waals surface area contributed by atoms with Crippen molar-refractivity contribution in [3.63, 3.8) is 0 Å². The van der Waals surface area contributed by atoms with Crippen LogP contribution >= 0.6 is 0 Å². The smallest absolute Gasteiger partial charge is 0.255 e. The number of ether oxygens (including phenoxy) is 1. The number of aromatic amines is 1. The fourth-order valence-electron chi connectivity index (χ4n) is 5.03. The Bertz CT molecular complexity index is 1410. The second-order valence-corrected chi connectivity index (χ2v) is 9.58. The third-order valence-corrected chi connectivity index (χ3v) is 6.94. The zero-order valence-electron chi connectivity index (χ0n) is 20.9. The number of carbonyl (C=O) groups is 1. The first kappa shape index (κ1) is 23.9. The first-order valence-electron chi connectivity index (χ1n) is 12.4. The van der Waals surface area contributed by atoms with Gasteiger partial charge in [0.05, 0.1) is 18.4 Å². The third kappa shape index (κ3) is 4.53. The second-order valence-electron chi connectivity index (χ2n) is 9.58. The maximum Gasteiger partial charge on any atom is 0.255 e. The molecule has 36 heavy (non-hydrogen) atoms. The highest BCUT2D eigenvalue weighted by Gasteiger charge is 2.23. The molecule has 6 nitrogen and oxygen atoms in total. The van der Waals surface area contributed by atoms with E-state index in [4.69, 9.17) is 4.74 Å². The Morgan fingerprint density at radius 3 is 2.61 bits per heavy atom. The first-order chi connectivity index (χ1) is 17.5. The number of carbonyl (C=O) groups excluding carboxylic acids is 1. The van der Waals surface area contributed by atoms with Gasteiger partial charge in [0.2, 0.25) is 0 Å². The molecule has 186 valence electrons. The minimum Gasteiger partial charge on any atom is -0.496 e. The predicted octanol–water partition coefficient (Wildman–Crippen LogP) is 6.49. The van der Waals surface area contributed by atoms with E-state index in [0.29, 0.717) is 11.1 Å². The number of hydrogen-bond acceptors (Lipinski definition) is 4. The lowest BCUT2D eigenvalue weighted by Gasteiger charge is -2.26. The van der Waals surface area contributed by atoms with Crippen molar-refractivity contribution in [2.75, 3.05) is 26.5 Å². The van der Waals surface area contributed by atoms with E-state index in [2.05, 4.69) is 15.3 Å². The number of anilines is 1. The van der Waals surface area contributed by atoms with E-state index in [1.54, 1.807) is 33.5 Å². The molecule has 1 aliphatic rings. The van der Waals surface area contributed by atoms with Gasteiger partial charge >= 0.3 is 0 Å². The number of para-hydroxylation sites is 1. The van der Waals surface area contributed by atoms with Crippen LogP contribution in [0.1, 0.15) is 42.5 Å². The molecule has 1 fully saturated rings. The van der Waals surface area contributed by atoms with Gasteiger partial charge in [0.25, 0.3) is 5.91 Å². The minimum absolute atomic E-state index is 0.175. The van der Waals surface area contributed by atoms with Gasteiger partial charge in [-0.3, -0.25) is 4.79 Å². The van der Waals surface area contributed by atoms with Crippen LogP contribution < -0.4 is 10.1 Å². The van der Waals surface area contributed by atoms with E-state index in [9.17, 15) is 4.79 Å². The molecule has 0 spiro atoms. The van der Waals surface area contributed by atoms with Crippen LogP contribution in [0.4, 0.5) is 10.1 Å². The molecule has 1 aliphatic carbocycles. The Morgan fingerprint density at radius 2 is 1.86 bits per heavy atom. The summed E-state index contributed by atoms with van der Waals surface area (Å²) in [5.41, 5.74) is 4.56. The van der Waals surface area contributed by atoms with Gasteiger partial charge in [0, 0.05) is 54.6 Å². The van der Waals surface area contributed by atoms with E-state index < -0.39 is 5.82 Å². The summed E-state index contributed by atoms with van der Waals surface area (Å²) < 4.78 is 21.2. The molecule has 5 rings (SSSR count). The normalized spacial score (nSPS) is 14.1. The number of pyridine rings is 1. The monoisotopic (exact) mass is 486 g/mol. The second kappa shape index (κ2) is 10.0. The third-order valence-electron chi connectivity index (χ3n) is 6.94. The molecule has 0 bridgehead atoms. The molecule has 1 amide bonds. The van der Waals surface area contributed by atoms with E-state index in [0.717, 1.165) is 59.2 Å². The highest BCUT2D eigenvalue weighted by Crippen LogP contribution is 2.37. The van der Waals surface area contributed by atoms with Crippen molar-refractivity contribution in [3.05, 3.63) is 66.2 Å². The molecule has 0 radical (unpaired) electrons. The number of methoxy groups -OCH3 is 1. The Labute approximate surface area is 210 Å². The fraction of sp³-hybridized carbons (Fsp3) is 0.310. The number of rotatable bonds is 6. The van der Waals surface area contributed by atoms with Gasteiger partial charge in [-0.2, -0.15) is 0 Å². The van der Waals surface area contributed by atoms with Gasteiger partial charge in [0.1, 0.15) is 17.2 Å². The maximum atomic E-state index is 15.6. The zero-order chi connectivity index (χ0) is 25.2. The van der Waals surface area contributed by atoms with Crippen molar-refractivity contribution in [1.82, 2.24) is 14.9 Å². The summed E-state index contributed by atoms with van der Waals surface area (Å²) in [7, 11) is 5.01. The molecular formula is C29H31FN4O2. The van der Waals surface area contributed by atoms with E-state index in [1.807, 2.05) is 36.5 Å². The van der Waals surface area contributed by atoms with Crippen LogP contribution in [0.25, 0.3) is 33.3 Å². The SMILES string of the molecule is COc1ccccc1-c1c[nH]c2ncc(-c3cc(F)c(NC4CCCCC4)c(C(=O)N(C)C)c3)cc12. The van der Waals surface area contributed by atoms with Gasteiger partial charge in [-0.1, -0.05) is 37.5 Å². The van der Waals surface area contributed by atoms with Crippen molar-refractivity contribution < 1.29 is 13.9 Å². The number of amides is 1. The molecule has 2 heterocycles. The summed E-state index contributed by atoms with van der Waals surface area (Å²) in [4.78, 5) is 22.4. The number of nitrogens with one attached hydrogen (secondary N) is 2.